The molecule has 2 amide bonds. The van der Waals surface area contributed by atoms with Crippen molar-refractivity contribution in [2.24, 2.45) is 7.05 Å². The number of rotatable bonds is 7. The lowest BCUT2D eigenvalue weighted by Crippen LogP contribution is -2.24. The summed E-state index contributed by atoms with van der Waals surface area (Å²) in [6, 6.07) is 6.62. The Morgan fingerprint density at radius 1 is 1.28 bits per heavy atom. The van der Waals surface area contributed by atoms with Gasteiger partial charge < -0.3 is 15.2 Å². The van der Waals surface area contributed by atoms with Crippen LogP contribution in [0.1, 0.15) is 28.8 Å². The first-order valence-electron chi connectivity index (χ1n) is 8.65. The Labute approximate surface area is 181 Å². The van der Waals surface area contributed by atoms with Gasteiger partial charge in [-0.05, 0) is 38.1 Å². The minimum absolute atomic E-state index is 0.162. The molecule has 2 N–H and O–H groups in total. The molecule has 0 saturated carbocycles. The van der Waals surface area contributed by atoms with Gasteiger partial charge in [-0.25, -0.2) is 4.98 Å². The molecule has 0 fully saturated rings. The summed E-state index contributed by atoms with van der Waals surface area (Å²) >= 11 is 8.50. The van der Waals surface area contributed by atoms with Crippen molar-refractivity contribution >= 4 is 51.6 Å². The number of nitrogens with one attached hydrogen (secondary N) is 2. The summed E-state index contributed by atoms with van der Waals surface area (Å²) in [4.78, 5) is 28.8. The second-order valence-corrected chi connectivity index (χ2v) is 8.79. The molecule has 0 aliphatic carbocycles. The van der Waals surface area contributed by atoms with E-state index in [0.717, 1.165) is 5.69 Å². The quantitative estimate of drug-likeness (QED) is 0.535. The lowest BCUT2D eigenvalue weighted by molar-refractivity contribution is -0.115. The van der Waals surface area contributed by atoms with Gasteiger partial charge in [0.2, 0.25) is 5.91 Å². The van der Waals surface area contributed by atoms with E-state index >= 15 is 0 Å². The van der Waals surface area contributed by atoms with Gasteiger partial charge in [-0.2, -0.15) is 0 Å². The molecule has 0 unspecified atom stereocenters. The van der Waals surface area contributed by atoms with Crippen LogP contribution in [0.5, 0.6) is 0 Å². The molecule has 0 spiro atoms. The predicted octanol–water partition coefficient (Wildman–Crippen LogP) is 3.28. The fourth-order valence-corrected chi connectivity index (χ4v) is 3.95. The molecule has 1 atom stereocenters. The lowest BCUT2D eigenvalue weighted by atomic mass is 10.2. The molecule has 0 aliphatic rings. The van der Waals surface area contributed by atoms with Gasteiger partial charge in [0.05, 0.1) is 17.5 Å². The molecule has 0 bridgehead atoms. The summed E-state index contributed by atoms with van der Waals surface area (Å²) in [6.45, 7) is 3.87. The van der Waals surface area contributed by atoms with E-state index < -0.39 is 5.25 Å². The molecular weight excluding hydrogens is 432 g/mol. The maximum absolute atomic E-state index is 12.4. The molecule has 2 aromatic heterocycles. The van der Waals surface area contributed by atoms with Crippen molar-refractivity contribution in [3.05, 3.63) is 51.7 Å². The van der Waals surface area contributed by atoms with Crippen LogP contribution in [0, 0.1) is 6.92 Å². The zero-order valence-electron chi connectivity index (χ0n) is 16.0. The number of amides is 2. The van der Waals surface area contributed by atoms with E-state index in [1.807, 2.05) is 12.3 Å². The van der Waals surface area contributed by atoms with Gasteiger partial charge in [0.15, 0.2) is 16.1 Å². The van der Waals surface area contributed by atoms with Gasteiger partial charge in [0.25, 0.3) is 5.91 Å². The second-order valence-electron chi connectivity index (χ2n) is 6.19. The predicted molar refractivity (Wildman–Crippen MR) is 114 cm³/mol. The van der Waals surface area contributed by atoms with Crippen molar-refractivity contribution in [2.45, 2.75) is 30.8 Å². The number of anilines is 1. The number of thioether (sulfide) groups is 1. The topological polar surface area (TPSA) is 102 Å². The number of hydrogen-bond acceptors (Lipinski definition) is 7. The summed E-state index contributed by atoms with van der Waals surface area (Å²) < 4.78 is 1.75. The molecule has 0 radical (unpaired) electrons. The molecule has 29 heavy (non-hydrogen) atoms. The molecule has 0 saturated heterocycles. The Morgan fingerprint density at radius 3 is 2.66 bits per heavy atom. The number of aromatic nitrogens is 4. The minimum Gasteiger partial charge on any atom is -0.345 e. The van der Waals surface area contributed by atoms with Crippen LogP contribution in [-0.4, -0.2) is 36.8 Å². The fourth-order valence-electron chi connectivity index (χ4n) is 2.29. The molecule has 152 valence electrons. The minimum atomic E-state index is -0.390. The highest BCUT2D eigenvalue weighted by molar-refractivity contribution is 8.00. The number of benzene rings is 1. The first-order valence-corrected chi connectivity index (χ1v) is 10.8. The number of thiazole rings is 1. The van der Waals surface area contributed by atoms with Crippen molar-refractivity contribution in [1.29, 1.82) is 0 Å². The average molecular weight is 451 g/mol. The van der Waals surface area contributed by atoms with Crippen LogP contribution >= 0.6 is 34.7 Å². The van der Waals surface area contributed by atoms with Gasteiger partial charge in [0.1, 0.15) is 0 Å². The highest BCUT2D eigenvalue weighted by atomic mass is 35.5. The Hall–Kier alpha value is -2.43. The van der Waals surface area contributed by atoms with E-state index in [-0.39, 0.29) is 18.4 Å². The van der Waals surface area contributed by atoms with E-state index in [2.05, 4.69) is 25.8 Å². The molecule has 3 aromatic rings. The number of aryl methyl sites for hydroxylation is 1. The molecule has 11 heteroatoms. The lowest BCUT2D eigenvalue weighted by Gasteiger charge is -2.10. The average Bonchev–Trinajstić information content (AvgIpc) is 3.26. The van der Waals surface area contributed by atoms with Crippen molar-refractivity contribution in [3.63, 3.8) is 0 Å². The Morgan fingerprint density at radius 2 is 2.00 bits per heavy atom. The maximum atomic E-state index is 12.4. The third-order valence-corrected chi connectivity index (χ3v) is 6.20. The first-order chi connectivity index (χ1) is 13.8. The van der Waals surface area contributed by atoms with E-state index in [1.165, 1.54) is 23.1 Å². The zero-order chi connectivity index (χ0) is 21.0. The van der Waals surface area contributed by atoms with Gasteiger partial charge in [-0.15, -0.1) is 21.5 Å². The normalized spacial score (nSPS) is 11.9. The zero-order valence-corrected chi connectivity index (χ0v) is 18.4. The van der Waals surface area contributed by atoms with E-state index in [9.17, 15) is 9.59 Å². The smallest absolute Gasteiger partial charge is 0.251 e. The summed E-state index contributed by atoms with van der Waals surface area (Å²) in [5.41, 5.74) is 1.37. The van der Waals surface area contributed by atoms with E-state index in [1.54, 1.807) is 42.8 Å². The largest absolute Gasteiger partial charge is 0.345 e. The number of hydrogen-bond donors (Lipinski definition) is 2. The monoisotopic (exact) mass is 450 g/mol. The molecule has 3 rings (SSSR count). The van der Waals surface area contributed by atoms with Gasteiger partial charge in [-0.3, -0.25) is 9.59 Å². The second kappa shape index (κ2) is 9.38. The van der Waals surface area contributed by atoms with Crippen LogP contribution in [0.15, 0.2) is 34.8 Å². The molecule has 1 aromatic carbocycles. The summed E-state index contributed by atoms with van der Waals surface area (Å²) in [7, 11) is 1.79. The van der Waals surface area contributed by atoms with E-state index in [4.69, 9.17) is 11.6 Å². The number of carbonyl (C=O) groups is 2. The van der Waals surface area contributed by atoms with Gasteiger partial charge in [-0.1, -0.05) is 23.4 Å². The maximum Gasteiger partial charge on any atom is 0.251 e. The highest BCUT2D eigenvalue weighted by Gasteiger charge is 2.20. The fraction of sp³-hybridized carbons (Fsp3) is 0.278. The van der Waals surface area contributed by atoms with Crippen molar-refractivity contribution in [3.8, 4) is 0 Å². The SMILES string of the molecule is Cc1csc(NC(=O)[C@@H](C)Sc2nnc(CNC(=O)c3ccc(Cl)cc3)n2C)n1. The van der Waals surface area contributed by atoms with Crippen LogP contribution in [0.3, 0.4) is 0 Å². The van der Waals surface area contributed by atoms with Crippen LogP contribution in [0.2, 0.25) is 5.02 Å². The molecular formula is C18H19ClN6O2S2. The third kappa shape index (κ3) is 5.55. The summed E-state index contributed by atoms with van der Waals surface area (Å²) in [5.74, 6) is 0.188. The first kappa shape index (κ1) is 21.3. The molecule has 8 nitrogen and oxygen atoms in total. The molecule has 2 heterocycles. The number of halogens is 1. The standard InChI is InChI=1S/C18H19ClN6O2S2/c1-10-9-28-17(21-10)22-15(26)11(2)29-18-24-23-14(25(18)3)8-20-16(27)12-4-6-13(19)7-5-12/h4-7,9,11H,8H2,1-3H3,(H,20,27)(H,21,22,26)/t11-/m1/s1. The third-order valence-electron chi connectivity index (χ3n) is 3.94. The Balaban J connectivity index is 1.56. The summed E-state index contributed by atoms with van der Waals surface area (Å²) in [5, 5.41) is 17.0. The number of nitrogens with zero attached hydrogens (tertiary/aromatic N) is 4. The van der Waals surface area contributed by atoms with Crippen molar-refractivity contribution in [2.75, 3.05) is 5.32 Å². The molecule has 0 aliphatic heterocycles. The number of carbonyl (C=O) groups excluding carboxylic acids is 2. The van der Waals surface area contributed by atoms with Crippen LogP contribution in [-0.2, 0) is 18.4 Å². The van der Waals surface area contributed by atoms with Crippen molar-refractivity contribution < 1.29 is 9.59 Å². The van der Waals surface area contributed by atoms with Gasteiger partial charge >= 0.3 is 0 Å². The van der Waals surface area contributed by atoms with E-state index in [0.29, 0.717) is 26.7 Å². The van der Waals surface area contributed by atoms with Crippen molar-refractivity contribution in [1.82, 2.24) is 25.1 Å². The van der Waals surface area contributed by atoms with Crippen LogP contribution in [0.25, 0.3) is 0 Å². The Bertz CT molecular complexity index is 1020. The van der Waals surface area contributed by atoms with Crippen LogP contribution in [0.4, 0.5) is 5.13 Å². The highest BCUT2D eigenvalue weighted by Crippen LogP contribution is 2.23. The van der Waals surface area contributed by atoms with Crippen LogP contribution < -0.4 is 10.6 Å². The Kier molecular flexibility index (Phi) is 6.88. The summed E-state index contributed by atoms with van der Waals surface area (Å²) in [6.07, 6.45) is 0. The van der Waals surface area contributed by atoms with Gasteiger partial charge in [0, 0.05) is 23.0 Å².